The highest BCUT2D eigenvalue weighted by Gasteiger charge is 2.52. The van der Waals surface area contributed by atoms with Crippen LogP contribution in [0.15, 0.2) is 0 Å². The molecule has 0 bridgehead atoms. The second kappa shape index (κ2) is 12.1. The average molecular weight is 496 g/mol. The number of rotatable bonds is 9. The zero-order valence-corrected chi connectivity index (χ0v) is 18.8. The third-order valence-electron chi connectivity index (χ3n) is 5.47. The number of carboxylic acid groups (broad SMARTS) is 1. The van der Waals surface area contributed by atoms with Gasteiger partial charge in [-0.3, -0.25) is 9.59 Å². The van der Waals surface area contributed by atoms with Gasteiger partial charge in [0.15, 0.2) is 18.7 Å². The van der Waals surface area contributed by atoms with Crippen LogP contribution in [0.2, 0.25) is 0 Å². The van der Waals surface area contributed by atoms with E-state index in [4.69, 9.17) is 18.9 Å². The number of aliphatic hydroxyl groups excluding tert-OH is 5. The highest BCUT2D eigenvalue weighted by molar-refractivity contribution is 5.74. The number of aliphatic hydroxyl groups is 5. The molecule has 2 fully saturated rings. The number of hydrogen-bond donors (Lipinski definition) is 8. The van der Waals surface area contributed by atoms with Crippen molar-refractivity contribution >= 4 is 17.8 Å². The number of carbonyl (C=O) groups is 3. The Bertz CT molecular complexity index is 724. The van der Waals surface area contributed by atoms with Crippen LogP contribution in [-0.2, 0) is 33.3 Å². The first kappa shape index (κ1) is 28.3. The summed E-state index contributed by atoms with van der Waals surface area (Å²) in [5.74, 6) is -2.60. The van der Waals surface area contributed by atoms with Crippen LogP contribution in [0.3, 0.4) is 0 Å². The summed E-state index contributed by atoms with van der Waals surface area (Å²) in [6, 6.07) is -2.71. The predicted molar refractivity (Wildman–Crippen MR) is 108 cm³/mol. The smallest absolute Gasteiger partial charge is 0.332 e. The van der Waals surface area contributed by atoms with Crippen molar-refractivity contribution in [1.82, 2.24) is 10.6 Å². The lowest BCUT2D eigenvalue weighted by Gasteiger charge is -2.48. The Morgan fingerprint density at radius 2 is 1.44 bits per heavy atom. The number of amides is 2. The maximum atomic E-state index is 11.7. The number of aliphatic carboxylic acids is 1. The van der Waals surface area contributed by atoms with Gasteiger partial charge in [-0.05, 0) is 6.92 Å². The summed E-state index contributed by atoms with van der Waals surface area (Å²) in [6.07, 6.45) is -13.5. The topological polar surface area (TPSA) is 234 Å². The highest BCUT2D eigenvalue weighted by Crippen LogP contribution is 2.30. The van der Waals surface area contributed by atoms with Gasteiger partial charge in [0, 0.05) is 13.8 Å². The minimum atomic E-state index is -1.72. The molecule has 196 valence electrons. The Balaban J connectivity index is 2.44. The fraction of sp³-hybridized carbons (Fsp3) is 0.842. The quantitative estimate of drug-likeness (QED) is 0.150. The first-order valence-electron chi connectivity index (χ1n) is 10.6. The van der Waals surface area contributed by atoms with Gasteiger partial charge in [-0.15, -0.1) is 0 Å². The Morgan fingerprint density at radius 1 is 0.882 bits per heavy atom. The maximum Gasteiger partial charge on any atom is 0.332 e. The van der Waals surface area contributed by atoms with Crippen LogP contribution in [0.25, 0.3) is 0 Å². The van der Waals surface area contributed by atoms with E-state index in [9.17, 15) is 45.0 Å². The molecule has 2 aliphatic heterocycles. The summed E-state index contributed by atoms with van der Waals surface area (Å²) >= 11 is 0. The van der Waals surface area contributed by atoms with Crippen molar-refractivity contribution in [1.29, 1.82) is 0 Å². The van der Waals surface area contributed by atoms with E-state index in [1.807, 2.05) is 0 Å². The van der Waals surface area contributed by atoms with E-state index < -0.39 is 98.4 Å². The van der Waals surface area contributed by atoms with Crippen molar-refractivity contribution in [2.75, 3.05) is 13.2 Å². The summed E-state index contributed by atoms with van der Waals surface area (Å²) in [4.78, 5) is 34.8. The Kier molecular flexibility index (Phi) is 10.1. The van der Waals surface area contributed by atoms with Crippen molar-refractivity contribution < 1.29 is 64.0 Å². The zero-order chi connectivity index (χ0) is 25.7. The number of nitrogens with one attached hydrogen (secondary N) is 2. The summed E-state index contributed by atoms with van der Waals surface area (Å²) in [5.41, 5.74) is 0. The third-order valence-corrected chi connectivity index (χ3v) is 5.47. The summed E-state index contributed by atoms with van der Waals surface area (Å²) < 4.78 is 22.3. The van der Waals surface area contributed by atoms with Crippen LogP contribution in [-0.4, -0.2) is 129 Å². The summed E-state index contributed by atoms with van der Waals surface area (Å²) in [7, 11) is 0. The number of carboxylic acids is 1. The second-order valence-corrected chi connectivity index (χ2v) is 8.09. The lowest BCUT2D eigenvalue weighted by Crippen LogP contribution is -2.69. The van der Waals surface area contributed by atoms with Gasteiger partial charge in [0.25, 0.3) is 0 Å². The fourth-order valence-corrected chi connectivity index (χ4v) is 3.82. The molecule has 2 amide bonds. The maximum absolute atomic E-state index is 11.7. The number of hydrogen-bond acceptors (Lipinski definition) is 12. The standard InChI is InChI=1S/C19H32N2O13/c1-6(17(28)29)31-16-12(21-8(3)25)18(30)32-10(5-23)15(16)34-19-11(20-7(2)24)14(27)13(26)9(4-22)33-19/h6,9-16,18-19,22-23,26-27,30H,4-5H2,1-3H3,(H,20,24)(H,21,25)(H,28,29)/t6-,9-,10-,11-,12-,13-,14-,15-,16-,18-,19+/m0/s1. The largest absolute Gasteiger partial charge is 0.479 e. The van der Waals surface area contributed by atoms with Crippen LogP contribution < -0.4 is 10.6 Å². The molecule has 2 heterocycles. The molecule has 8 N–H and O–H groups in total. The van der Waals surface area contributed by atoms with Crippen molar-refractivity contribution in [3.63, 3.8) is 0 Å². The van der Waals surface area contributed by atoms with E-state index in [-0.39, 0.29) is 0 Å². The molecule has 34 heavy (non-hydrogen) atoms. The highest BCUT2D eigenvalue weighted by atomic mass is 16.7. The van der Waals surface area contributed by atoms with Crippen molar-refractivity contribution in [2.45, 2.75) is 88.2 Å². The van der Waals surface area contributed by atoms with Crippen molar-refractivity contribution in [3.05, 3.63) is 0 Å². The van der Waals surface area contributed by atoms with Crippen LogP contribution in [0.1, 0.15) is 20.8 Å². The second-order valence-electron chi connectivity index (χ2n) is 8.09. The van der Waals surface area contributed by atoms with Gasteiger partial charge in [0.2, 0.25) is 11.8 Å². The molecule has 15 heteroatoms. The van der Waals surface area contributed by atoms with Crippen LogP contribution in [0, 0.1) is 0 Å². The van der Waals surface area contributed by atoms with Gasteiger partial charge in [-0.25, -0.2) is 4.79 Å². The first-order chi connectivity index (χ1) is 15.9. The van der Waals surface area contributed by atoms with Crippen LogP contribution in [0.4, 0.5) is 0 Å². The molecule has 0 aliphatic carbocycles. The molecule has 2 rings (SSSR count). The van der Waals surface area contributed by atoms with Gasteiger partial charge in [0.05, 0.1) is 13.2 Å². The first-order valence-corrected chi connectivity index (χ1v) is 10.6. The van der Waals surface area contributed by atoms with Gasteiger partial charge in [-0.1, -0.05) is 0 Å². The molecule has 0 saturated carbocycles. The molecular formula is C19H32N2O13. The lowest BCUT2D eigenvalue weighted by molar-refractivity contribution is -0.333. The molecule has 11 atom stereocenters. The van der Waals surface area contributed by atoms with E-state index in [0.29, 0.717) is 0 Å². The molecule has 0 aromatic heterocycles. The molecule has 0 unspecified atom stereocenters. The minimum absolute atomic E-state index is 0.616. The number of ether oxygens (including phenoxy) is 4. The number of carbonyl (C=O) groups excluding carboxylic acids is 2. The Hall–Kier alpha value is -1.95. The average Bonchev–Trinajstić information content (AvgIpc) is 2.76. The molecule has 0 aromatic carbocycles. The predicted octanol–water partition coefficient (Wildman–Crippen LogP) is -4.61. The Labute approximate surface area is 194 Å². The lowest BCUT2D eigenvalue weighted by atomic mass is 9.94. The van der Waals surface area contributed by atoms with Gasteiger partial charge in [-0.2, -0.15) is 0 Å². The SMILES string of the molecule is CC(=O)N[C@@H]1[C@@H](O[C@@H]2[C@@H](O[C@@H](C)C(=O)O)[C@H](NC(C)=O)[C@@H](O)O[C@H]2CO)O[C@@H](CO)[C@H](O)[C@H]1O. The molecule has 0 spiro atoms. The molecule has 0 radical (unpaired) electrons. The summed E-state index contributed by atoms with van der Waals surface area (Å²) in [6.45, 7) is 2.00. The monoisotopic (exact) mass is 496 g/mol. The van der Waals surface area contributed by atoms with Crippen molar-refractivity contribution in [3.8, 4) is 0 Å². The Morgan fingerprint density at radius 3 is 1.94 bits per heavy atom. The van der Waals surface area contributed by atoms with Crippen LogP contribution >= 0.6 is 0 Å². The molecule has 15 nitrogen and oxygen atoms in total. The van der Waals surface area contributed by atoms with Gasteiger partial charge >= 0.3 is 5.97 Å². The van der Waals surface area contributed by atoms with E-state index in [1.54, 1.807) is 0 Å². The third kappa shape index (κ3) is 6.59. The van der Waals surface area contributed by atoms with Crippen molar-refractivity contribution in [2.24, 2.45) is 0 Å². The molecule has 0 aromatic rings. The zero-order valence-electron chi connectivity index (χ0n) is 18.8. The minimum Gasteiger partial charge on any atom is -0.479 e. The van der Waals surface area contributed by atoms with Gasteiger partial charge in [0.1, 0.15) is 48.7 Å². The van der Waals surface area contributed by atoms with E-state index in [1.165, 1.54) is 6.92 Å². The molecule has 2 aliphatic rings. The summed E-state index contributed by atoms with van der Waals surface area (Å²) in [5, 5.41) is 64.4. The molecular weight excluding hydrogens is 464 g/mol. The van der Waals surface area contributed by atoms with E-state index >= 15 is 0 Å². The van der Waals surface area contributed by atoms with Crippen LogP contribution in [0.5, 0.6) is 0 Å². The normalized spacial score (nSPS) is 39.2. The fourth-order valence-electron chi connectivity index (χ4n) is 3.82. The molecule has 2 saturated heterocycles. The van der Waals surface area contributed by atoms with Gasteiger partial charge < -0.3 is 60.2 Å². The van der Waals surface area contributed by atoms with E-state index in [2.05, 4.69) is 10.6 Å². The van der Waals surface area contributed by atoms with E-state index in [0.717, 1.165) is 13.8 Å².